The molecule has 2 aromatic carbocycles. The Bertz CT molecular complexity index is 731. The van der Waals surface area contributed by atoms with E-state index in [9.17, 15) is 4.79 Å². The Hall–Kier alpha value is -2.53. The van der Waals surface area contributed by atoms with Gasteiger partial charge in [0, 0.05) is 13.1 Å². The first-order valence-electron chi connectivity index (χ1n) is 9.50. The number of hydrogen-bond acceptors (Lipinski definition) is 3. The van der Waals surface area contributed by atoms with Crippen LogP contribution in [0, 0.1) is 0 Å². The number of amides is 2. The molecule has 144 valence electrons. The van der Waals surface area contributed by atoms with Crippen LogP contribution in [-0.2, 0) is 0 Å². The predicted molar refractivity (Wildman–Crippen MR) is 108 cm³/mol. The molecule has 2 aromatic rings. The van der Waals surface area contributed by atoms with Crippen LogP contribution in [0.2, 0.25) is 0 Å². The molecule has 1 N–H and O–H groups in total. The quantitative estimate of drug-likeness (QED) is 0.844. The van der Waals surface area contributed by atoms with Gasteiger partial charge < -0.3 is 19.9 Å². The highest BCUT2D eigenvalue weighted by molar-refractivity contribution is 5.75. The molecule has 1 heterocycles. The molecule has 5 heteroatoms. The number of hydrogen-bond donors (Lipinski definition) is 1. The molecule has 0 spiro atoms. The van der Waals surface area contributed by atoms with Gasteiger partial charge in [0.1, 0.15) is 5.75 Å². The van der Waals surface area contributed by atoms with Gasteiger partial charge in [0.15, 0.2) is 0 Å². The molecule has 1 aliphatic rings. The number of benzene rings is 2. The number of nitrogens with one attached hydrogen (secondary N) is 1. The molecule has 0 aliphatic carbocycles. The molecule has 1 fully saturated rings. The minimum absolute atomic E-state index is 0.0155. The van der Waals surface area contributed by atoms with Crippen molar-refractivity contribution in [2.75, 3.05) is 34.3 Å². The van der Waals surface area contributed by atoms with Crippen molar-refractivity contribution in [1.29, 1.82) is 0 Å². The van der Waals surface area contributed by atoms with Gasteiger partial charge in [-0.25, -0.2) is 4.79 Å². The highest BCUT2D eigenvalue weighted by Gasteiger charge is 2.30. The van der Waals surface area contributed by atoms with Crippen molar-refractivity contribution in [1.82, 2.24) is 15.1 Å². The van der Waals surface area contributed by atoms with Crippen LogP contribution in [0.3, 0.4) is 0 Å². The number of ether oxygens (including phenoxy) is 1. The van der Waals surface area contributed by atoms with Crippen LogP contribution in [0.15, 0.2) is 54.6 Å². The van der Waals surface area contributed by atoms with E-state index < -0.39 is 0 Å². The zero-order chi connectivity index (χ0) is 19.2. The fourth-order valence-electron chi connectivity index (χ4n) is 3.74. The maximum Gasteiger partial charge on any atom is 0.317 e. The van der Waals surface area contributed by atoms with E-state index in [4.69, 9.17) is 4.74 Å². The molecule has 1 aliphatic heterocycles. The lowest BCUT2D eigenvalue weighted by molar-refractivity contribution is 0.187. The average Bonchev–Trinajstić information content (AvgIpc) is 3.19. The van der Waals surface area contributed by atoms with Crippen LogP contribution in [0.25, 0.3) is 0 Å². The molecule has 3 rings (SSSR count). The Morgan fingerprint density at radius 1 is 1.19 bits per heavy atom. The SMILES string of the molecule is COc1ccc(C(CNC(=O)N2CCCC2c2ccccc2)N(C)C)cc1. The number of urea groups is 1. The van der Waals surface area contributed by atoms with E-state index in [0.29, 0.717) is 6.54 Å². The maximum absolute atomic E-state index is 12.9. The van der Waals surface area contributed by atoms with Crippen molar-refractivity contribution in [2.45, 2.75) is 24.9 Å². The van der Waals surface area contributed by atoms with Gasteiger partial charge in [-0.15, -0.1) is 0 Å². The Balaban J connectivity index is 1.65. The Morgan fingerprint density at radius 3 is 2.52 bits per heavy atom. The molecule has 0 radical (unpaired) electrons. The molecule has 27 heavy (non-hydrogen) atoms. The molecule has 2 atom stereocenters. The molecule has 2 amide bonds. The van der Waals surface area contributed by atoms with Gasteiger partial charge in [-0.05, 0) is 50.2 Å². The predicted octanol–water partition coefficient (Wildman–Crippen LogP) is 3.84. The van der Waals surface area contributed by atoms with E-state index in [0.717, 1.165) is 30.7 Å². The van der Waals surface area contributed by atoms with Crippen LogP contribution in [-0.4, -0.2) is 50.1 Å². The van der Waals surface area contributed by atoms with Crippen molar-refractivity contribution in [3.8, 4) is 5.75 Å². The number of nitrogens with zero attached hydrogens (tertiary/aromatic N) is 2. The summed E-state index contributed by atoms with van der Waals surface area (Å²) in [6, 6.07) is 18.6. The van der Waals surface area contributed by atoms with Gasteiger partial charge in [0.05, 0.1) is 19.2 Å². The third-order valence-electron chi connectivity index (χ3n) is 5.27. The summed E-state index contributed by atoms with van der Waals surface area (Å²) in [4.78, 5) is 17.0. The van der Waals surface area contributed by atoms with Gasteiger partial charge >= 0.3 is 6.03 Å². The second kappa shape index (κ2) is 8.91. The van der Waals surface area contributed by atoms with Crippen molar-refractivity contribution >= 4 is 6.03 Å². The number of rotatable bonds is 6. The largest absolute Gasteiger partial charge is 0.497 e. The summed E-state index contributed by atoms with van der Waals surface area (Å²) in [6.07, 6.45) is 2.07. The van der Waals surface area contributed by atoms with Crippen LogP contribution in [0.5, 0.6) is 5.75 Å². The van der Waals surface area contributed by atoms with Crippen LogP contribution >= 0.6 is 0 Å². The van der Waals surface area contributed by atoms with Gasteiger partial charge in [0.2, 0.25) is 0 Å². The van der Waals surface area contributed by atoms with E-state index in [1.165, 1.54) is 5.56 Å². The number of methoxy groups -OCH3 is 1. The molecule has 2 unspecified atom stereocenters. The topological polar surface area (TPSA) is 44.8 Å². The second-order valence-corrected chi connectivity index (χ2v) is 7.20. The van der Waals surface area contributed by atoms with Crippen molar-refractivity contribution in [3.63, 3.8) is 0 Å². The number of likely N-dealkylation sites (tertiary alicyclic amines) is 1. The number of carbonyl (C=O) groups excluding carboxylic acids is 1. The van der Waals surface area contributed by atoms with Gasteiger partial charge in [-0.1, -0.05) is 42.5 Å². The van der Waals surface area contributed by atoms with E-state index in [2.05, 4.69) is 34.5 Å². The lowest BCUT2D eigenvalue weighted by atomic mass is 10.0. The fourth-order valence-corrected chi connectivity index (χ4v) is 3.74. The minimum atomic E-state index is 0.0155. The lowest BCUT2D eigenvalue weighted by Gasteiger charge is -2.29. The zero-order valence-corrected chi connectivity index (χ0v) is 16.4. The van der Waals surface area contributed by atoms with E-state index in [-0.39, 0.29) is 18.1 Å². The van der Waals surface area contributed by atoms with Crippen molar-refractivity contribution in [3.05, 3.63) is 65.7 Å². The van der Waals surface area contributed by atoms with Crippen LogP contribution in [0.4, 0.5) is 4.79 Å². The molecular formula is C22H29N3O2. The standard InChI is InChI=1S/C22H29N3O2/c1-24(2)21(18-11-13-19(27-3)14-12-18)16-23-22(26)25-15-7-10-20(25)17-8-5-4-6-9-17/h4-6,8-9,11-14,20-21H,7,10,15-16H2,1-3H3,(H,23,26). The highest BCUT2D eigenvalue weighted by Crippen LogP contribution is 2.31. The summed E-state index contributed by atoms with van der Waals surface area (Å²) >= 11 is 0. The fraction of sp³-hybridized carbons (Fsp3) is 0.409. The summed E-state index contributed by atoms with van der Waals surface area (Å²) in [5.41, 5.74) is 2.37. The van der Waals surface area contributed by atoms with E-state index in [1.807, 2.05) is 49.3 Å². The zero-order valence-electron chi connectivity index (χ0n) is 16.4. The first-order chi connectivity index (χ1) is 13.1. The van der Waals surface area contributed by atoms with E-state index >= 15 is 0 Å². The maximum atomic E-state index is 12.9. The average molecular weight is 367 g/mol. The van der Waals surface area contributed by atoms with Crippen molar-refractivity contribution in [2.24, 2.45) is 0 Å². The summed E-state index contributed by atoms with van der Waals surface area (Å²) in [6.45, 7) is 1.37. The summed E-state index contributed by atoms with van der Waals surface area (Å²) in [7, 11) is 5.73. The summed E-state index contributed by atoms with van der Waals surface area (Å²) in [5.74, 6) is 0.836. The summed E-state index contributed by atoms with van der Waals surface area (Å²) in [5, 5.41) is 3.15. The number of carbonyl (C=O) groups is 1. The molecule has 5 nitrogen and oxygen atoms in total. The van der Waals surface area contributed by atoms with Gasteiger partial charge in [-0.2, -0.15) is 0 Å². The molecule has 0 bridgehead atoms. The van der Waals surface area contributed by atoms with Crippen molar-refractivity contribution < 1.29 is 9.53 Å². The van der Waals surface area contributed by atoms with Crippen LogP contribution < -0.4 is 10.1 Å². The van der Waals surface area contributed by atoms with Crippen LogP contribution in [0.1, 0.15) is 36.1 Å². The third kappa shape index (κ3) is 4.61. The lowest BCUT2D eigenvalue weighted by Crippen LogP contribution is -2.43. The molecule has 0 aromatic heterocycles. The summed E-state index contributed by atoms with van der Waals surface area (Å²) < 4.78 is 5.24. The Labute approximate surface area is 161 Å². The molecular weight excluding hydrogens is 338 g/mol. The third-order valence-corrected chi connectivity index (χ3v) is 5.27. The van der Waals surface area contributed by atoms with Gasteiger partial charge in [-0.3, -0.25) is 0 Å². The van der Waals surface area contributed by atoms with Gasteiger partial charge in [0.25, 0.3) is 0 Å². The highest BCUT2D eigenvalue weighted by atomic mass is 16.5. The first kappa shape index (κ1) is 19.2. The monoisotopic (exact) mass is 367 g/mol. The minimum Gasteiger partial charge on any atom is -0.497 e. The normalized spacial score (nSPS) is 17.8. The Kier molecular flexibility index (Phi) is 6.35. The smallest absolute Gasteiger partial charge is 0.317 e. The Morgan fingerprint density at radius 2 is 1.89 bits per heavy atom. The second-order valence-electron chi connectivity index (χ2n) is 7.20. The first-order valence-corrected chi connectivity index (χ1v) is 9.50. The number of likely N-dealkylation sites (N-methyl/N-ethyl adjacent to an activating group) is 1. The molecule has 0 saturated carbocycles. The molecule has 1 saturated heterocycles. The van der Waals surface area contributed by atoms with E-state index in [1.54, 1.807) is 7.11 Å².